The summed E-state index contributed by atoms with van der Waals surface area (Å²) in [5.41, 5.74) is 12.0. The van der Waals surface area contributed by atoms with Crippen LogP contribution in [0.4, 0.5) is 0 Å². The highest BCUT2D eigenvalue weighted by molar-refractivity contribution is 6.21. The lowest BCUT2D eigenvalue weighted by Crippen LogP contribution is -1.90. The molecule has 0 atom stereocenters. The van der Waals surface area contributed by atoms with Gasteiger partial charge in [0, 0.05) is 16.3 Å². The van der Waals surface area contributed by atoms with Crippen LogP contribution in [0.15, 0.2) is 179 Å². The monoisotopic (exact) mass is 612 g/mol. The van der Waals surface area contributed by atoms with Gasteiger partial charge >= 0.3 is 0 Å². The molecule has 0 saturated carbocycles. The fourth-order valence-electron chi connectivity index (χ4n) is 7.55. The van der Waals surface area contributed by atoms with Crippen LogP contribution in [0.5, 0.6) is 0 Å². The van der Waals surface area contributed by atoms with E-state index in [-0.39, 0.29) is 0 Å². The van der Waals surface area contributed by atoms with Crippen molar-refractivity contribution >= 4 is 54.5 Å². The Hall–Kier alpha value is -6.38. The van der Waals surface area contributed by atoms with Crippen molar-refractivity contribution in [3.63, 3.8) is 0 Å². The zero-order valence-corrected chi connectivity index (χ0v) is 26.0. The van der Waals surface area contributed by atoms with Crippen LogP contribution >= 0.6 is 0 Å². The summed E-state index contributed by atoms with van der Waals surface area (Å²) in [4.78, 5) is 0. The van der Waals surface area contributed by atoms with Gasteiger partial charge in [-0.05, 0) is 84.8 Å². The summed E-state index contributed by atoms with van der Waals surface area (Å²) in [5.74, 6) is 0. The van der Waals surface area contributed by atoms with Crippen molar-refractivity contribution in [2.24, 2.45) is 0 Å². The van der Waals surface area contributed by atoms with Crippen molar-refractivity contribution in [3.8, 4) is 44.5 Å². The quantitative estimate of drug-likeness (QED) is 0.185. The molecule has 0 radical (unpaired) electrons. The number of hydrogen-bond acceptors (Lipinski definition) is 2. The Morgan fingerprint density at radius 3 is 1.46 bits per heavy atom. The number of hydrogen-bond donors (Lipinski definition) is 0. The Kier molecular flexibility index (Phi) is 5.91. The molecule has 8 aromatic carbocycles. The average molecular weight is 613 g/mol. The molecule has 0 aliphatic carbocycles. The molecule has 10 aromatic rings. The van der Waals surface area contributed by atoms with E-state index < -0.39 is 0 Å². The molecule has 2 aromatic heterocycles. The van der Waals surface area contributed by atoms with Crippen molar-refractivity contribution in [2.45, 2.75) is 0 Å². The van der Waals surface area contributed by atoms with Crippen molar-refractivity contribution in [2.75, 3.05) is 0 Å². The molecule has 48 heavy (non-hydrogen) atoms. The Bertz CT molecular complexity index is 2750. The third-order valence-corrected chi connectivity index (χ3v) is 9.76. The number of furan rings is 2. The number of benzene rings is 8. The van der Waals surface area contributed by atoms with E-state index in [9.17, 15) is 0 Å². The standard InChI is InChI=1S/C46H28O2/c1-3-11-30(12-4-1)40-28-47-41-26-25-39-34-24-23-33(27-42(34)48-46(39)45(40)41)29-19-21-32(22-20-29)44-37-17-9-7-15-35(37)43(31-13-5-2-6-14-31)36-16-8-10-18-38(36)44/h1-28H. The van der Waals surface area contributed by atoms with Crippen LogP contribution in [-0.2, 0) is 0 Å². The maximum atomic E-state index is 6.63. The molecule has 10 rings (SSSR count). The predicted octanol–water partition coefficient (Wildman–Crippen LogP) is 13.3. The third kappa shape index (κ3) is 4.06. The van der Waals surface area contributed by atoms with E-state index in [1.54, 1.807) is 0 Å². The van der Waals surface area contributed by atoms with Crippen LogP contribution in [0.2, 0.25) is 0 Å². The molecule has 0 amide bonds. The van der Waals surface area contributed by atoms with Crippen LogP contribution in [0.1, 0.15) is 0 Å². The molecule has 0 unspecified atom stereocenters. The van der Waals surface area contributed by atoms with Crippen molar-refractivity contribution in [3.05, 3.63) is 170 Å². The summed E-state index contributed by atoms with van der Waals surface area (Å²) < 4.78 is 12.6. The van der Waals surface area contributed by atoms with E-state index in [1.807, 2.05) is 18.4 Å². The van der Waals surface area contributed by atoms with Gasteiger partial charge in [0.25, 0.3) is 0 Å². The Morgan fingerprint density at radius 2 is 0.833 bits per heavy atom. The van der Waals surface area contributed by atoms with Gasteiger partial charge in [0.15, 0.2) is 0 Å². The molecule has 0 aliphatic heterocycles. The largest absolute Gasteiger partial charge is 0.464 e. The van der Waals surface area contributed by atoms with Gasteiger partial charge in [-0.25, -0.2) is 0 Å². The van der Waals surface area contributed by atoms with Crippen molar-refractivity contribution in [1.82, 2.24) is 0 Å². The highest BCUT2D eigenvalue weighted by Gasteiger charge is 2.19. The first kappa shape index (κ1) is 26.8. The molecule has 2 heterocycles. The average Bonchev–Trinajstić information content (AvgIpc) is 3.76. The summed E-state index contributed by atoms with van der Waals surface area (Å²) in [6.07, 6.45) is 1.83. The Balaban J connectivity index is 1.10. The van der Waals surface area contributed by atoms with Gasteiger partial charge in [-0.3, -0.25) is 0 Å². The maximum Gasteiger partial charge on any atom is 0.147 e. The molecule has 0 N–H and O–H groups in total. The second-order valence-electron chi connectivity index (χ2n) is 12.4. The molecular weight excluding hydrogens is 585 g/mol. The highest BCUT2D eigenvalue weighted by Crippen LogP contribution is 2.44. The molecule has 2 nitrogen and oxygen atoms in total. The fourth-order valence-corrected chi connectivity index (χ4v) is 7.55. The van der Waals surface area contributed by atoms with Crippen LogP contribution in [-0.4, -0.2) is 0 Å². The lowest BCUT2D eigenvalue weighted by Gasteiger charge is -2.18. The molecule has 0 saturated heterocycles. The van der Waals surface area contributed by atoms with Crippen LogP contribution in [0, 0.1) is 0 Å². The zero-order chi connectivity index (χ0) is 31.6. The molecule has 0 fully saturated rings. The minimum Gasteiger partial charge on any atom is -0.464 e. The SMILES string of the molecule is c1ccc(-c2c3ccccc3c(-c3ccc(-c4ccc5c(c4)oc4c5ccc5occ(-c6ccccc6)c54)cc3)c3ccccc23)cc1. The number of fused-ring (bicyclic) bond motifs is 7. The van der Waals surface area contributed by atoms with Crippen molar-refractivity contribution < 1.29 is 8.83 Å². The first-order valence-corrected chi connectivity index (χ1v) is 16.3. The van der Waals surface area contributed by atoms with E-state index in [0.29, 0.717) is 0 Å². The van der Waals surface area contributed by atoms with E-state index in [1.165, 1.54) is 43.8 Å². The molecule has 0 bridgehead atoms. The topological polar surface area (TPSA) is 26.3 Å². The van der Waals surface area contributed by atoms with Gasteiger partial charge in [0.1, 0.15) is 16.7 Å². The summed E-state index contributed by atoms with van der Waals surface area (Å²) in [6.45, 7) is 0. The normalized spacial score (nSPS) is 11.8. The second kappa shape index (κ2) is 10.6. The van der Waals surface area contributed by atoms with E-state index in [2.05, 4.69) is 152 Å². The van der Waals surface area contributed by atoms with Crippen LogP contribution in [0.3, 0.4) is 0 Å². The van der Waals surface area contributed by atoms with Gasteiger partial charge in [0.05, 0.1) is 11.6 Å². The van der Waals surface area contributed by atoms with Crippen LogP contribution in [0.25, 0.3) is 99.0 Å². The van der Waals surface area contributed by atoms with Crippen LogP contribution < -0.4 is 0 Å². The minimum atomic E-state index is 0.827. The van der Waals surface area contributed by atoms with E-state index in [0.717, 1.165) is 55.2 Å². The maximum absolute atomic E-state index is 6.63. The zero-order valence-electron chi connectivity index (χ0n) is 26.0. The number of rotatable bonds is 4. The Labute approximate surface area is 277 Å². The van der Waals surface area contributed by atoms with Gasteiger partial charge in [-0.15, -0.1) is 0 Å². The minimum absolute atomic E-state index is 0.827. The molecule has 0 spiro atoms. The summed E-state index contributed by atoms with van der Waals surface area (Å²) in [5, 5.41) is 8.25. The van der Waals surface area contributed by atoms with E-state index >= 15 is 0 Å². The van der Waals surface area contributed by atoms with Crippen molar-refractivity contribution in [1.29, 1.82) is 0 Å². The van der Waals surface area contributed by atoms with Gasteiger partial charge in [-0.2, -0.15) is 0 Å². The lowest BCUT2D eigenvalue weighted by atomic mass is 9.86. The van der Waals surface area contributed by atoms with Gasteiger partial charge in [0.2, 0.25) is 0 Å². The summed E-state index contributed by atoms with van der Waals surface area (Å²) >= 11 is 0. The predicted molar refractivity (Wildman–Crippen MR) is 200 cm³/mol. The fraction of sp³-hybridized carbons (Fsp3) is 0. The summed E-state index contributed by atoms with van der Waals surface area (Å²) in [6, 6.07) is 58.4. The molecular formula is C46H28O2. The Morgan fingerprint density at radius 1 is 0.333 bits per heavy atom. The molecule has 0 aliphatic rings. The second-order valence-corrected chi connectivity index (χ2v) is 12.4. The highest BCUT2D eigenvalue weighted by atomic mass is 16.3. The molecule has 224 valence electrons. The van der Waals surface area contributed by atoms with Gasteiger partial charge < -0.3 is 8.83 Å². The lowest BCUT2D eigenvalue weighted by molar-refractivity contribution is 0.616. The summed E-state index contributed by atoms with van der Waals surface area (Å²) in [7, 11) is 0. The first-order chi connectivity index (χ1) is 23.8. The first-order valence-electron chi connectivity index (χ1n) is 16.3. The van der Waals surface area contributed by atoms with E-state index in [4.69, 9.17) is 8.83 Å². The molecule has 2 heteroatoms. The third-order valence-electron chi connectivity index (χ3n) is 9.76. The smallest absolute Gasteiger partial charge is 0.147 e. The van der Waals surface area contributed by atoms with Gasteiger partial charge in [-0.1, -0.05) is 140 Å².